The molecule has 0 fully saturated rings. The van der Waals surface area contributed by atoms with E-state index in [4.69, 9.17) is 9.47 Å². The zero-order valence-electron chi connectivity index (χ0n) is 11.5. The van der Waals surface area contributed by atoms with Crippen LogP contribution >= 0.6 is 0 Å². The number of ether oxygens (including phenoxy) is 2. The second kappa shape index (κ2) is 5.94. The van der Waals surface area contributed by atoms with Crippen LogP contribution in [0.25, 0.3) is 0 Å². The summed E-state index contributed by atoms with van der Waals surface area (Å²) in [5, 5.41) is 0. The first-order valence-corrected chi connectivity index (χ1v) is 8.17. The normalized spacial score (nSPS) is 17.2. The number of nitrogens with one attached hydrogen (secondary N) is 1. The summed E-state index contributed by atoms with van der Waals surface area (Å²) in [6.07, 6.45) is -0.426. The third kappa shape index (κ3) is 3.20. The van der Waals surface area contributed by atoms with Gasteiger partial charge in [-0.2, -0.15) is 0 Å². The van der Waals surface area contributed by atoms with Gasteiger partial charge in [0, 0.05) is 0 Å². The van der Waals surface area contributed by atoms with E-state index < -0.39 is 21.9 Å². The van der Waals surface area contributed by atoms with Gasteiger partial charge in [0.1, 0.15) is 18.5 Å². The van der Waals surface area contributed by atoms with Crippen molar-refractivity contribution in [3.8, 4) is 11.5 Å². The standard InChI is InChI=1S/C15H14FNO4S/c16-11-5-7-13(8-6-11)22(18,19)17-9-12-10-20-14-3-1-2-4-15(14)21-12/h1-8,12,17H,9-10H2/t12-/m0/s1. The van der Waals surface area contributed by atoms with E-state index in [9.17, 15) is 12.8 Å². The van der Waals surface area contributed by atoms with Crippen LogP contribution < -0.4 is 14.2 Å². The Hall–Kier alpha value is -2.12. The lowest BCUT2D eigenvalue weighted by atomic mass is 10.2. The lowest BCUT2D eigenvalue weighted by molar-refractivity contribution is 0.0943. The van der Waals surface area contributed by atoms with Crippen LogP contribution in [-0.2, 0) is 10.0 Å². The Morgan fingerprint density at radius 3 is 2.50 bits per heavy atom. The molecule has 116 valence electrons. The SMILES string of the molecule is O=S(=O)(NC[C@H]1COc2ccccc2O1)c1ccc(F)cc1. The molecule has 0 amide bonds. The zero-order chi connectivity index (χ0) is 15.6. The second-order valence-electron chi connectivity index (χ2n) is 4.80. The lowest BCUT2D eigenvalue weighted by Gasteiger charge is -2.26. The molecule has 0 saturated heterocycles. The predicted molar refractivity (Wildman–Crippen MR) is 77.9 cm³/mol. The minimum atomic E-state index is -3.71. The quantitative estimate of drug-likeness (QED) is 0.934. The highest BCUT2D eigenvalue weighted by Crippen LogP contribution is 2.30. The third-order valence-corrected chi connectivity index (χ3v) is 4.63. The fourth-order valence-corrected chi connectivity index (χ4v) is 3.13. The van der Waals surface area contributed by atoms with Crippen LogP contribution in [0.5, 0.6) is 11.5 Å². The summed E-state index contributed by atoms with van der Waals surface area (Å²) < 4.78 is 50.7. The van der Waals surface area contributed by atoms with Crippen molar-refractivity contribution >= 4 is 10.0 Å². The summed E-state index contributed by atoms with van der Waals surface area (Å²) in [6.45, 7) is 0.316. The Bertz CT molecular complexity index is 761. The highest BCUT2D eigenvalue weighted by Gasteiger charge is 2.23. The van der Waals surface area contributed by atoms with Crippen LogP contribution in [0.1, 0.15) is 0 Å². The number of hydrogen-bond donors (Lipinski definition) is 1. The first-order valence-electron chi connectivity index (χ1n) is 6.68. The summed E-state index contributed by atoms with van der Waals surface area (Å²) in [5.74, 6) is 0.736. The van der Waals surface area contributed by atoms with E-state index in [-0.39, 0.29) is 18.0 Å². The van der Waals surface area contributed by atoms with Crippen molar-refractivity contribution < 1.29 is 22.3 Å². The van der Waals surface area contributed by atoms with Gasteiger partial charge in [0.15, 0.2) is 11.5 Å². The van der Waals surface area contributed by atoms with Crippen molar-refractivity contribution in [1.29, 1.82) is 0 Å². The maximum atomic E-state index is 12.8. The molecular formula is C15H14FNO4S. The van der Waals surface area contributed by atoms with Crippen molar-refractivity contribution in [2.75, 3.05) is 13.2 Å². The minimum Gasteiger partial charge on any atom is -0.486 e. The maximum Gasteiger partial charge on any atom is 0.240 e. The number of fused-ring (bicyclic) bond motifs is 1. The topological polar surface area (TPSA) is 64.6 Å². The molecule has 1 N–H and O–H groups in total. The molecule has 0 aliphatic carbocycles. The predicted octanol–water partition coefficient (Wildman–Crippen LogP) is 1.94. The Kier molecular flexibility index (Phi) is 4.00. The monoisotopic (exact) mass is 323 g/mol. The van der Waals surface area contributed by atoms with Gasteiger partial charge in [0.05, 0.1) is 11.4 Å². The average Bonchev–Trinajstić information content (AvgIpc) is 2.53. The molecule has 0 spiro atoms. The highest BCUT2D eigenvalue weighted by molar-refractivity contribution is 7.89. The van der Waals surface area contributed by atoms with Gasteiger partial charge in [0.2, 0.25) is 10.0 Å². The van der Waals surface area contributed by atoms with E-state index in [1.54, 1.807) is 12.1 Å². The van der Waals surface area contributed by atoms with Crippen molar-refractivity contribution in [3.63, 3.8) is 0 Å². The highest BCUT2D eigenvalue weighted by atomic mass is 32.2. The molecule has 1 heterocycles. The number of halogens is 1. The molecule has 0 saturated carbocycles. The van der Waals surface area contributed by atoms with E-state index in [2.05, 4.69) is 4.72 Å². The minimum absolute atomic E-state index is 0.00558. The molecule has 0 aromatic heterocycles. The molecule has 2 aromatic carbocycles. The van der Waals surface area contributed by atoms with E-state index in [0.29, 0.717) is 11.5 Å². The van der Waals surface area contributed by atoms with Gasteiger partial charge in [0.25, 0.3) is 0 Å². The van der Waals surface area contributed by atoms with Crippen LogP contribution in [-0.4, -0.2) is 27.7 Å². The summed E-state index contributed by atoms with van der Waals surface area (Å²) in [4.78, 5) is 0.00558. The molecule has 3 rings (SSSR count). The Labute approximate surface area is 127 Å². The summed E-state index contributed by atoms with van der Waals surface area (Å²) in [5.41, 5.74) is 0. The largest absolute Gasteiger partial charge is 0.486 e. The molecule has 1 aliphatic rings. The Balaban J connectivity index is 1.64. The number of rotatable bonds is 4. The number of para-hydroxylation sites is 2. The van der Waals surface area contributed by atoms with Crippen molar-refractivity contribution in [3.05, 3.63) is 54.3 Å². The molecule has 1 atom stereocenters. The smallest absolute Gasteiger partial charge is 0.240 e. The molecule has 7 heteroatoms. The van der Waals surface area contributed by atoms with Crippen LogP contribution in [0.15, 0.2) is 53.4 Å². The first kappa shape index (κ1) is 14.8. The first-order chi connectivity index (χ1) is 10.5. The number of sulfonamides is 1. The molecule has 0 bridgehead atoms. The number of hydrogen-bond acceptors (Lipinski definition) is 4. The van der Waals surface area contributed by atoms with Gasteiger partial charge in [-0.15, -0.1) is 0 Å². The van der Waals surface area contributed by atoms with Gasteiger partial charge in [-0.3, -0.25) is 0 Å². The lowest BCUT2D eigenvalue weighted by Crippen LogP contribution is -2.40. The molecule has 2 aromatic rings. The average molecular weight is 323 g/mol. The Morgan fingerprint density at radius 1 is 1.09 bits per heavy atom. The molecule has 22 heavy (non-hydrogen) atoms. The van der Waals surface area contributed by atoms with Crippen molar-refractivity contribution in [1.82, 2.24) is 4.72 Å². The third-order valence-electron chi connectivity index (χ3n) is 3.19. The summed E-state index contributed by atoms with van der Waals surface area (Å²) in [6, 6.07) is 11.8. The summed E-state index contributed by atoms with van der Waals surface area (Å²) in [7, 11) is -3.71. The summed E-state index contributed by atoms with van der Waals surface area (Å²) >= 11 is 0. The Morgan fingerprint density at radius 2 is 1.77 bits per heavy atom. The number of benzene rings is 2. The van der Waals surface area contributed by atoms with Crippen molar-refractivity contribution in [2.45, 2.75) is 11.0 Å². The van der Waals surface area contributed by atoms with Crippen LogP contribution in [0.3, 0.4) is 0 Å². The molecule has 0 unspecified atom stereocenters. The fraction of sp³-hybridized carbons (Fsp3) is 0.200. The van der Waals surface area contributed by atoms with Crippen LogP contribution in [0, 0.1) is 5.82 Å². The molecule has 1 aliphatic heterocycles. The fourth-order valence-electron chi connectivity index (χ4n) is 2.06. The van der Waals surface area contributed by atoms with E-state index in [1.807, 2.05) is 12.1 Å². The molecule has 0 radical (unpaired) electrons. The van der Waals surface area contributed by atoms with Crippen molar-refractivity contribution in [2.24, 2.45) is 0 Å². The molecule has 5 nitrogen and oxygen atoms in total. The zero-order valence-corrected chi connectivity index (χ0v) is 12.3. The van der Waals surface area contributed by atoms with Gasteiger partial charge in [-0.1, -0.05) is 12.1 Å². The second-order valence-corrected chi connectivity index (χ2v) is 6.57. The van der Waals surface area contributed by atoms with Gasteiger partial charge >= 0.3 is 0 Å². The van der Waals surface area contributed by atoms with E-state index >= 15 is 0 Å². The maximum absolute atomic E-state index is 12.8. The van der Waals surface area contributed by atoms with Gasteiger partial charge < -0.3 is 9.47 Å². The van der Waals surface area contributed by atoms with E-state index in [1.165, 1.54) is 12.1 Å². The van der Waals surface area contributed by atoms with Gasteiger partial charge in [-0.25, -0.2) is 17.5 Å². The van der Waals surface area contributed by atoms with Crippen LogP contribution in [0.4, 0.5) is 4.39 Å². The molecular weight excluding hydrogens is 309 g/mol. The van der Waals surface area contributed by atoms with Crippen LogP contribution in [0.2, 0.25) is 0 Å². The van der Waals surface area contributed by atoms with Gasteiger partial charge in [-0.05, 0) is 36.4 Å². The van der Waals surface area contributed by atoms with E-state index in [0.717, 1.165) is 12.1 Å².